The van der Waals surface area contributed by atoms with Crippen molar-refractivity contribution in [1.82, 2.24) is 10.6 Å². The van der Waals surface area contributed by atoms with Gasteiger partial charge in [-0.25, -0.2) is 4.39 Å². The van der Waals surface area contributed by atoms with E-state index in [2.05, 4.69) is 10.6 Å². The van der Waals surface area contributed by atoms with E-state index in [1.807, 2.05) is 0 Å². The van der Waals surface area contributed by atoms with Crippen molar-refractivity contribution in [1.29, 1.82) is 0 Å². The summed E-state index contributed by atoms with van der Waals surface area (Å²) < 4.78 is 13.5. The Balaban J connectivity index is 0.00000144. The fraction of sp³-hybridized carbons (Fsp3) is 0.364. The molecule has 0 spiro atoms. The second-order valence-corrected chi connectivity index (χ2v) is 4.17. The van der Waals surface area contributed by atoms with Gasteiger partial charge in [0, 0.05) is 12.6 Å². The Labute approximate surface area is 110 Å². The molecule has 1 aliphatic heterocycles. The molecule has 1 heterocycles. The largest absolute Gasteiger partial charge is 0.348 e. The first-order chi connectivity index (χ1) is 7.68. The molecule has 2 N–H and O–H groups in total. The lowest BCUT2D eigenvalue weighted by Crippen LogP contribution is -2.36. The molecule has 1 aromatic carbocycles. The third-order valence-corrected chi connectivity index (χ3v) is 2.88. The van der Waals surface area contributed by atoms with Crippen LogP contribution in [0.4, 0.5) is 4.39 Å². The Morgan fingerprint density at radius 3 is 2.94 bits per heavy atom. The lowest BCUT2D eigenvalue weighted by atomic mass is 10.1. The van der Waals surface area contributed by atoms with E-state index in [4.69, 9.17) is 11.6 Å². The van der Waals surface area contributed by atoms with Crippen LogP contribution in [0, 0.1) is 5.82 Å². The van der Waals surface area contributed by atoms with Gasteiger partial charge < -0.3 is 10.6 Å². The molecule has 1 fully saturated rings. The van der Waals surface area contributed by atoms with Crippen LogP contribution in [0.25, 0.3) is 0 Å². The van der Waals surface area contributed by atoms with Crippen molar-refractivity contribution in [3.05, 3.63) is 34.6 Å². The number of hydrogen-bond acceptors (Lipinski definition) is 2. The molecule has 0 saturated carbocycles. The molecule has 1 aliphatic rings. The third kappa shape index (κ3) is 3.31. The Hall–Kier alpha value is -0.840. The van der Waals surface area contributed by atoms with Gasteiger partial charge in [-0.2, -0.15) is 0 Å². The van der Waals surface area contributed by atoms with Gasteiger partial charge >= 0.3 is 0 Å². The molecule has 1 unspecified atom stereocenters. The normalized spacial score (nSPS) is 18.6. The summed E-state index contributed by atoms with van der Waals surface area (Å²) in [5.41, 5.74) is -0.000556. The topological polar surface area (TPSA) is 41.1 Å². The van der Waals surface area contributed by atoms with E-state index in [1.54, 1.807) is 6.07 Å². The molecule has 1 aromatic rings. The third-order valence-electron chi connectivity index (χ3n) is 2.59. The number of rotatable bonds is 2. The van der Waals surface area contributed by atoms with E-state index in [1.165, 1.54) is 12.1 Å². The molecular weight excluding hydrogens is 266 g/mol. The number of nitrogens with one attached hydrogen (secondary N) is 2. The van der Waals surface area contributed by atoms with Crippen LogP contribution in [-0.2, 0) is 0 Å². The van der Waals surface area contributed by atoms with Crippen LogP contribution < -0.4 is 10.6 Å². The first-order valence-electron chi connectivity index (χ1n) is 5.14. The highest BCUT2D eigenvalue weighted by Gasteiger charge is 2.20. The number of carbonyl (C=O) groups is 1. The minimum atomic E-state index is -0.660. The average molecular weight is 279 g/mol. The van der Waals surface area contributed by atoms with Gasteiger partial charge in [0.15, 0.2) is 5.82 Å². The molecule has 3 nitrogen and oxygen atoms in total. The van der Waals surface area contributed by atoms with Gasteiger partial charge in [0.25, 0.3) is 5.91 Å². The fourth-order valence-corrected chi connectivity index (χ4v) is 1.89. The van der Waals surface area contributed by atoms with Crippen molar-refractivity contribution >= 4 is 29.9 Å². The van der Waals surface area contributed by atoms with E-state index in [9.17, 15) is 9.18 Å². The number of hydrogen-bond donors (Lipinski definition) is 2. The summed E-state index contributed by atoms with van der Waals surface area (Å²) in [6.45, 7) is 1.61. The summed E-state index contributed by atoms with van der Waals surface area (Å²) in [5, 5.41) is 5.85. The van der Waals surface area contributed by atoms with Crippen molar-refractivity contribution < 1.29 is 9.18 Å². The first kappa shape index (κ1) is 14.2. The number of amides is 1. The van der Waals surface area contributed by atoms with Crippen molar-refractivity contribution in [2.24, 2.45) is 0 Å². The molecule has 0 bridgehead atoms. The van der Waals surface area contributed by atoms with Crippen molar-refractivity contribution in [3.63, 3.8) is 0 Å². The Kier molecular flexibility index (Phi) is 5.18. The van der Waals surface area contributed by atoms with Crippen LogP contribution >= 0.6 is 24.0 Å². The molecule has 0 aliphatic carbocycles. The summed E-state index contributed by atoms with van der Waals surface area (Å²) in [7, 11) is 0. The van der Waals surface area contributed by atoms with Crippen molar-refractivity contribution in [2.75, 3.05) is 13.1 Å². The SMILES string of the molecule is Cl.O=C(NC1CCNC1)c1cccc(Cl)c1F. The maximum Gasteiger partial charge on any atom is 0.254 e. The van der Waals surface area contributed by atoms with E-state index < -0.39 is 11.7 Å². The minimum absolute atomic E-state index is 0. The lowest BCUT2D eigenvalue weighted by Gasteiger charge is -2.11. The predicted molar refractivity (Wildman–Crippen MR) is 67.4 cm³/mol. The zero-order chi connectivity index (χ0) is 11.5. The van der Waals surface area contributed by atoms with Gasteiger partial charge in [-0.05, 0) is 25.1 Å². The fourth-order valence-electron chi connectivity index (χ4n) is 1.72. The molecule has 17 heavy (non-hydrogen) atoms. The van der Waals surface area contributed by atoms with Crippen LogP contribution in [0.15, 0.2) is 18.2 Å². The maximum absolute atomic E-state index is 13.5. The summed E-state index contributed by atoms with van der Waals surface area (Å²) in [6, 6.07) is 4.49. The van der Waals surface area contributed by atoms with Gasteiger partial charge in [0.05, 0.1) is 10.6 Å². The molecule has 0 radical (unpaired) electrons. The summed E-state index contributed by atoms with van der Waals surface area (Å²) in [5.74, 6) is -1.07. The second kappa shape index (κ2) is 6.19. The van der Waals surface area contributed by atoms with E-state index in [0.717, 1.165) is 19.5 Å². The molecular formula is C11H13Cl2FN2O. The zero-order valence-electron chi connectivity index (χ0n) is 9.00. The van der Waals surface area contributed by atoms with Crippen LogP contribution in [-0.4, -0.2) is 25.0 Å². The smallest absolute Gasteiger partial charge is 0.254 e. The zero-order valence-corrected chi connectivity index (χ0v) is 10.6. The molecule has 94 valence electrons. The highest BCUT2D eigenvalue weighted by atomic mass is 35.5. The second-order valence-electron chi connectivity index (χ2n) is 3.76. The van der Waals surface area contributed by atoms with Crippen molar-refractivity contribution in [3.8, 4) is 0 Å². The molecule has 2 rings (SSSR count). The summed E-state index contributed by atoms with van der Waals surface area (Å²) in [6.07, 6.45) is 0.869. The molecule has 6 heteroatoms. The molecule has 1 saturated heterocycles. The number of halogens is 3. The summed E-state index contributed by atoms with van der Waals surface area (Å²) in [4.78, 5) is 11.7. The molecule has 0 aromatic heterocycles. The van der Waals surface area contributed by atoms with Crippen LogP contribution in [0.3, 0.4) is 0 Å². The van der Waals surface area contributed by atoms with Gasteiger partial charge in [-0.3, -0.25) is 4.79 Å². The Bertz CT molecular complexity index is 408. The Morgan fingerprint density at radius 1 is 1.53 bits per heavy atom. The van der Waals surface area contributed by atoms with E-state index in [0.29, 0.717) is 0 Å². The monoisotopic (exact) mass is 278 g/mol. The lowest BCUT2D eigenvalue weighted by molar-refractivity contribution is 0.0936. The minimum Gasteiger partial charge on any atom is -0.348 e. The standard InChI is InChI=1S/C11H12ClFN2O.ClH/c12-9-3-1-2-8(10(9)13)11(16)15-7-4-5-14-6-7;/h1-3,7,14H,4-6H2,(H,15,16);1H. The van der Waals surface area contributed by atoms with Gasteiger partial charge in [0.2, 0.25) is 0 Å². The molecule has 1 amide bonds. The predicted octanol–water partition coefficient (Wildman–Crippen LogP) is 1.99. The molecule has 1 atom stereocenters. The van der Waals surface area contributed by atoms with Gasteiger partial charge in [-0.1, -0.05) is 17.7 Å². The average Bonchev–Trinajstić information content (AvgIpc) is 2.74. The number of carbonyl (C=O) groups excluding carboxylic acids is 1. The maximum atomic E-state index is 13.5. The van der Waals surface area contributed by atoms with Crippen LogP contribution in [0.5, 0.6) is 0 Å². The van der Waals surface area contributed by atoms with E-state index in [-0.39, 0.29) is 29.0 Å². The van der Waals surface area contributed by atoms with Gasteiger partial charge in [-0.15, -0.1) is 12.4 Å². The highest BCUT2D eigenvalue weighted by Crippen LogP contribution is 2.17. The van der Waals surface area contributed by atoms with Gasteiger partial charge in [0.1, 0.15) is 0 Å². The van der Waals surface area contributed by atoms with E-state index >= 15 is 0 Å². The van der Waals surface area contributed by atoms with Crippen LogP contribution in [0.2, 0.25) is 5.02 Å². The van der Waals surface area contributed by atoms with Crippen molar-refractivity contribution in [2.45, 2.75) is 12.5 Å². The highest BCUT2D eigenvalue weighted by molar-refractivity contribution is 6.31. The van der Waals surface area contributed by atoms with Crippen LogP contribution in [0.1, 0.15) is 16.8 Å². The quantitative estimate of drug-likeness (QED) is 0.869. The first-order valence-corrected chi connectivity index (χ1v) is 5.52. The Morgan fingerprint density at radius 2 is 2.29 bits per heavy atom. The number of benzene rings is 1. The summed E-state index contributed by atoms with van der Waals surface area (Å²) >= 11 is 5.61.